The molecule has 0 aliphatic heterocycles. The van der Waals surface area contributed by atoms with Crippen molar-refractivity contribution in [2.75, 3.05) is 20.0 Å². The molecule has 2 N–H and O–H groups in total. The number of aromatic nitrogens is 2. The summed E-state index contributed by atoms with van der Waals surface area (Å²) in [7, 11) is 3.17. The van der Waals surface area contributed by atoms with Crippen molar-refractivity contribution in [3.63, 3.8) is 0 Å². The van der Waals surface area contributed by atoms with Gasteiger partial charge in [0.25, 0.3) is 0 Å². The smallest absolute Gasteiger partial charge is 0.200 e. The van der Waals surface area contributed by atoms with E-state index in [0.29, 0.717) is 22.5 Å². The van der Waals surface area contributed by atoms with Crippen molar-refractivity contribution in [3.8, 4) is 22.9 Å². The number of nitrogens with zero attached hydrogens (tertiary/aromatic N) is 2. The fourth-order valence-electron chi connectivity index (χ4n) is 1.37. The van der Waals surface area contributed by atoms with E-state index in [9.17, 15) is 0 Å². The predicted octanol–water partition coefficient (Wildman–Crippen LogP) is 2.57. The maximum atomic E-state index is 5.57. The number of ether oxygens (including phenoxy) is 2. The lowest BCUT2D eigenvalue weighted by Gasteiger charge is -2.10. The molecule has 0 aliphatic carbocycles. The maximum Gasteiger partial charge on any atom is 0.200 e. The van der Waals surface area contributed by atoms with Crippen LogP contribution in [0, 0.1) is 0 Å². The molecule has 0 radical (unpaired) electrons. The van der Waals surface area contributed by atoms with Gasteiger partial charge >= 0.3 is 0 Å². The largest absolute Gasteiger partial charge is 0.493 e. The number of halogens is 1. The van der Waals surface area contributed by atoms with Gasteiger partial charge in [-0.05, 0) is 28.1 Å². The molecular weight excluding hydrogens is 306 g/mol. The molecule has 5 nitrogen and oxygen atoms in total. The van der Waals surface area contributed by atoms with Crippen LogP contribution in [0.5, 0.6) is 11.5 Å². The second-order valence-electron chi connectivity index (χ2n) is 3.14. The summed E-state index contributed by atoms with van der Waals surface area (Å²) in [6.07, 6.45) is 0. The van der Waals surface area contributed by atoms with Crippen LogP contribution in [-0.2, 0) is 0 Å². The Labute approximate surface area is 111 Å². The fourth-order valence-corrected chi connectivity index (χ4v) is 2.32. The molecule has 90 valence electrons. The van der Waals surface area contributed by atoms with Crippen LogP contribution in [0.3, 0.4) is 0 Å². The summed E-state index contributed by atoms with van der Waals surface area (Å²) in [6.45, 7) is 0. The van der Waals surface area contributed by atoms with Crippen LogP contribution in [0.15, 0.2) is 16.6 Å². The monoisotopic (exact) mass is 315 g/mol. The molecule has 0 aliphatic rings. The molecule has 2 aromatic rings. The van der Waals surface area contributed by atoms with Crippen molar-refractivity contribution in [2.45, 2.75) is 0 Å². The first kappa shape index (κ1) is 12.1. The number of rotatable bonds is 3. The molecule has 0 fully saturated rings. The van der Waals surface area contributed by atoms with Gasteiger partial charge in [0.1, 0.15) is 0 Å². The predicted molar refractivity (Wildman–Crippen MR) is 70.6 cm³/mol. The zero-order chi connectivity index (χ0) is 12.4. The highest BCUT2D eigenvalue weighted by Crippen LogP contribution is 2.37. The summed E-state index contributed by atoms with van der Waals surface area (Å²) in [6, 6.07) is 3.62. The Balaban J connectivity index is 2.55. The number of hydrogen-bond donors (Lipinski definition) is 1. The Bertz CT molecular complexity index is 544. The average molecular weight is 316 g/mol. The maximum absolute atomic E-state index is 5.57. The SMILES string of the molecule is COc1cc(Br)c(-c2nsc(N)n2)cc1OC. The van der Waals surface area contributed by atoms with E-state index < -0.39 is 0 Å². The van der Waals surface area contributed by atoms with Crippen LogP contribution in [-0.4, -0.2) is 23.6 Å². The van der Waals surface area contributed by atoms with Crippen molar-refractivity contribution >= 4 is 32.6 Å². The minimum atomic E-state index is 0.432. The van der Waals surface area contributed by atoms with Gasteiger partial charge in [-0.15, -0.1) is 0 Å². The van der Waals surface area contributed by atoms with Gasteiger partial charge in [0.2, 0.25) is 0 Å². The molecule has 0 unspecified atom stereocenters. The Hall–Kier alpha value is -1.34. The Kier molecular flexibility index (Phi) is 3.49. The molecule has 0 amide bonds. The molecule has 0 atom stereocenters. The second-order valence-corrected chi connectivity index (χ2v) is 4.78. The third kappa shape index (κ3) is 2.34. The van der Waals surface area contributed by atoms with E-state index >= 15 is 0 Å². The Morgan fingerprint density at radius 1 is 1.24 bits per heavy atom. The van der Waals surface area contributed by atoms with E-state index in [1.165, 1.54) is 0 Å². The van der Waals surface area contributed by atoms with Gasteiger partial charge in [-0.3, -0.25) is 0 Å². The Morgan fingerprint density at radius 2 is 1.88 bits per heavy atom. The van der Waals surface area contributed by atoms with E-state index in [-0.39, 0.29) is 0 Å². The van der Waals surface area contributed by atoms with Crippen molar-refractivity contribution in [3.05, 3.63) is 16.6 Å². The van der Waals surface area contributed by atoms with Crippen LogP contribution >= 0.6 is 27.5 Å². The molecule has 7 heteroatoms. The van der Waals surface area contributed by atoms with Crippen LogP contribution in [0.4, 0.5) is 5.13 Å². The minimum absolute atomic E-state index is 0.432. The third-order valence-electron chi connectivity index (χ3n) is 2.16. The highest BCUT2D eigenvalue weighted by atomic mass is 79.9. The number of nitrogen functional groups attached to an aromatic ring is 1. The summed E-state index contributed by atoms with van der Waals surface area (Å²) in [5.41, 5.74) is 6.38. The number of hydrogen-bond acceptors (Lipinski definition) is 6. The first-order chi connectivity index (χ1) is 8.15. The highest BCUT2D eigenvalue weighted by Gasteiger charge is 2.14. The quantitative estimate of drug-likeness (QED) is 0.942. The van der Waals surface area contributed by atoms with Gasteiger partial charge in [0.05, 0.1) is 14.2 Å². The minimum Gasteiger partial charge on any atom is -0.493 e. The number of methoxy groups -OCH3 is 2. The summed E-state index contributed by atoms with van der Waals surface area (Å²) in [5.74, 6) is 1.84. The molecule has 0 bridgehead atoms. The highest BCUT2D eigenvalue weighted by molar-refractivity contribution is 9.10. The molecule has 2 rings (SSSR count). The summed E-state index contributed by atoms with van der Waals surface area (Å²) in [4.78, 5) is 4.13. The van der Waals surface area contributed by atoms with E-state index in [0.717, 1.165) is 21.6 Å². The van der Waals surface area contributed by atoms with Crippen molar-refractivity contribution in [2.24, 2.45) is 0 Å². The van der Waals surface area contributed by atoms with Crippen LogP contribution in [0.1, 0.15) is 0 Å². The zero-order valence-electron chi connectivity index (χ0n) is 9.23. The average Bonchev–Trinajstić information content (AvgIpc) is 2.75. The summed E-state index contributed by atoms with van der Waals surface area (Å²) >= 11 is 4.60. The van der Waals surface area contributed by atoms with Crippen LogP contribution < -0.4 is 15.2 Å². The van der Waals surface area contributed by atoms with Crippen molar-refractivity contribution in [1.82, 2.24) is 9.36 Å². The van der Waals surface area contributed by atoms with E-state index in [2.05, 4.69) is 25.3 Å². The Morgan fingerprint density at radius 3 is 2.41 bits per heavy atom. The van der Waals surface area contributed by atoms with Crippen LogP contribution in [0.2, 0.25) is 0 Å². The normalized spacial score (nSPS) is 10.3. The standard InChI is InChI=1S/C10H10BrN3O2S/c1-15-7-3-5(6(11)4-8(7)16-2)9-13-10(12)17-14-9/h3-4H,1-2H3,(H2,12,13,14). The number of nitrogens with two attached hydrogens (primary N) is 1. The number of benzene rings is 1. The molecule has 1 aromatic carbocycles. The molecule has 1 heterocycles. The summed E-state index contributed by atoms with van der Waals surface area (Å²) in [5, 5.41) is 0.432. The van der Waals surface area contributed by atoms with Crippen LogP contribution in [0.25, 0.3) is 11.4 Å². The van der Waals surface area contributed by atoms with Gasteiger partial charge in [-0.25, -0.2) is 0 Å². The topological polar surface area (TPSA) is 70.3 Å². The lowest BCUT2D eigenvalue weighted by molar-refractivity contribution is 0.355. The molecule has 0 spiro atoms. The second kappa shape index (κ2) is 4.89. The molecule has 0 saturated carbocycles. The van der Waals surface area contributed by atoms with E-state index in [4.69, 9.17) is 15.2 Å². The van der Waals surface area contributed by atoms with Gasteiger partial charge < -0.3 is 15.2 Å². The molecule has 17 heavy (non-hydrogen) atoms. The van der Waals surface area contributed by atoms with E-state index in [1.807, 2.05) is 12.1 Å². The lowest BCUT2D eigenvalue weighted by Crippen LogP contribution is -1.93. The van der Waals surface area contributed by atoms with Gasteiger partial charge in [-0.2, -0.15) is 9.36 Å². The van der Waals surface area contributed by atoms with Gasteiger partial charge in [0.15, 0.2) is 22.5 Å². The van der Waals surface area contributed by atoms with Crippen molar-refractivity contribution < 1.29 is 9.47 Å². The zero-order valence-corrected chi connectivity index (χ0v) is 11.6. The van der Waals surface area contributed by atoms with E-state index in [1.54, 1.807) is 14.2 Å². The number of anilines is 1. The molecule has 0 saturated heterocycles. The van der Waals surface area contributed by atoms with Gasteiger partial charge in [0, 0.05) is 21.6 Å². The summed E-state index contributed by atoms with van der Waals surface area (Å²) < 4.78 is 15.4. The molecular formula is C10H10BrN3O2S. The lowest BCUT2D eigenvalue weighted by atomic mass is 10.2. The fraction of sp³-hybridized carbons (Fsp3) is 0.200. The molecule has 1 aromatic heterocycles. The first-order valence-electron chi connectivity index (χ1n) is 4.66. The first-order valence-corrected chi connectivity index (χ1v) is 6.23. The van der Waals surface area contributed by atoms with Crippen molar-refractivity contribution in [1.29, 1.82) is 0 Å². The van der Waals surface area contributed by atoms with Gasteiger partial charge in [-0.1, -0.05) is 0 Å². The third-order valence-corrected chi connectivity index (χ3v) is 3.35.